The van der Waals surface area contributed by atoms with Crippen molar-refractivity contribution in [3.05, 3.63) is 90.0 Å². The molecule has 0 radical (unpaired) electrons. The Bertz CT molecular complexity index is 457. The second-order valence-corrected chi connectivity index (χ2v) is 3.93. The van der Waals surface area contributed by atoms with E-state index in [0.29, 0.717) is 0 Å². The normalized spacial score (nSPS) is 9.61. The van der Waals surface area contributed by atoms with Gasteiger partial charge in [-0.2, -0.15) is 0 Å². The number of allylic oxidation sites excluding steroid dienone is 1. The van der Waals surface area contributed by atoms with Gasteiger partial charge in [-0.3, -0.25) is 0 Å². The van der Waals surface area contributed by atoms with Crippen LogP contribution >= 0.6 is 11.6 Å². The van der Waals surface area contributed by atoms with Crippen molar-refractivity contribution < 1.29 is 0 Å². The first-order valence-corrected chi connectivity index (χ1v) is 6.27. The lowest BCUT2D eigenvalue weighted by Crippen LogP contribution is -1.75. The summed E-state index contributed by atoms with van der Waals surface area (Å²) in [4.78, 5) is 0. The largest absolute Gasteiger partial charge is 0.103 e. The lowest BCUT2D eigenvalue weighted by molar-refractivity contribution is 1.28. The van der Waals surface area contributed by atoms with Crippen molar-refractivity contribution in [1.29, 1.82) is 0 Å². The Kier molecular flexibility index (Phi) is 7.34. The summed E-state index contributed by atoms with van der Waals surface area (Å²) in [6.45, 7) is 3.66. The van der Waals surface area contributed by atoms with Gasteiger partial charge in [0.15, 0.2) is 0 Å². The smallest absolute Gasteiger partial charge is 0.00484 e. The summed E-state index contributed by atoms with van der Waals surface area (Å²) in [6, 6.07) is 20.2. The van der Waals surface area contributed by atoms with Crippen molar-refractivity contribution >= 4 is 17.7 Å². The summed E-state index contributed by atoms with van der Waals surface area (Å²) in [5.41, 5.74) is 3.97. The molecule has 18 heavy (non-hydrogen) atoms. The van der Waals surface area contributed by atoms with Gasteiger partial charge in [-0.05, 0) is 23.6 Å². The standard InChI is InChI=1S/C9H10.C8H7Cl/c1-2-6-9-7-4-3-5-8-9;9-7-6-8-4-2-1-3-5-8/h2-5,7-8H,1,6H2;1-7H. The van der Waals surface area contributed by atoms with Gasteiger partial charge in [0.2, 0.25) is 0 Å². The van der Waals surface area contributed by atoms with Crippen LogP contribution in [0.5, 0.6) is 0 Å². The van der Waals surface area contributed by atoms with Gasteiger partial charge in [-0.15, -0.1) is 6.58 Å². The minimum absolute atomic E-state index is 0.973. The van der Waals surface area contributed by atoms with Gasteiger partial charge in [0, 0.05) is 5.54 Å². The summed E-state index contributed by atoms with van der Waals surface area (Å²) in [5, 5.41) is 0. The van der Waals surface area contributed by atoms with Gasteiger partial charge >= 0.3 is 0 Å². The molecule has 2 aromatic rings. The Hall–Kier alpha value is -1.79. The van der Waals surface area contributed by atoms with Crippen LogP contribution < -0.4 is 0 Å². The third kappa shape index (κ3) is 6.07. The summed E-state index contributed by atoms with van der Waals surface area (Å²) in [5.74, 6) is 0. The van der Waals surface area contributed by atoms with Crippen LogP contribution in [0.15, 0.2) is 78.9 Å². The molecule has 0 amide bonds. The average molecular weight is 257 g/mol. The monoisotopic (exact) mass is 256 g/mol. The van der Waals surface area contributed by atoms with Crippen molar-refractivity contribution in [2.24, 2.45) is 0 Å². The maximum Gasteiger partial charge on any atom is 0.00484 e. The molecular weight excluding hydrogens is 240 g/mol. The molecule has 0 heterocycles. The number of halogens is 1. The highest BCUT2D eigenvalue weighted by molar-refractivity contribution is 6.27. The molecule has 0 nitrogen and oxygen atoms in total. The van der Waals surface area contributed by atoms with Gasteiger partial charge in [0.25, 0.3) is 0 Å². The van der Waals surface area contributed by atoms with Gasteiger partial charge < -0.3 is 0 Å². The van der Waals surface area contributed by atoms with E-state index in [2.05, 4.69) is 18.7 Å². The van der Waals surface area contributed by atoms with Crippen LogP contribution in [0.3, 0.4) is 0 Å². The zero-order valence-corrected chi connectivity index (χ0v) is 11.1. The minimum Gasteiger partial charge on any atom is -0.103 e. The Morgan fingerprint density at radius 2 is 1.44 bits per heavy atom. The number of benzene rings is 2. The number of hydrogen-bond acceptors (Lipinski definition) is 0. The van der Waals surface area contributed by atoms with E-state index in [9.17, 15) is 0 Å². The second-order valence-electron chi connectivity index (χ2n) is 3.68. The van der Waals surface area contributed by atoms with Crippen LogP contribution in [-0.4, -0.2) is 0 Å². The maximum absolute atomic E-state index is 5.36. The average Bonchev–Trinajstić information content (AvgIpc) is 2.43. The van der Waals surface area contributed by atoms with Gasteiger partial charge in [-0.25, -0.2) is 0 Å². The van der Waals surface area contributed by atoms with Crippen molar-refractivity contribution in [3.63, 3.8) is 0 Å². The molecule has 0 aliphatic rings. The topological polar surface area (TPSA) is 0 Å². The molecule has 0 unspecified atom stereocenters. The molecule has 92 valence electrons. The Balaban J connectivity index is 0.000000180. The Labute approximate surface area is 114 Å². The number of rotatable bonds is 3. The first kappa shape index (κ1) is 14.3. The van der Waals surface area contributed by atoms with E-state index in [0.717, 1.165) is 12.0 Å². The molecule has 0 saturated heterocycles. The molecule has 0 aliphatic carbocycles. The van der Waals surface area contributed by atoms with Crippen LogP contribution in [0, 0.1) is 0 Å². The van der Waals surface area contributed by atoms with Crippen molar-refractivity contribution in [2.75, 3.05) is 0 Å². The third-order valence-electron chi connectivity index (χ3n) is 2.28. The van der Waals surface area contributed by atoms with E-state index in [1.54, 1.807) is 0 Å². The van der Waals surface area contributed by atoms with E-state index in [1.807, 2.05) is 60.7 Å². The summed E-state index contributed by atoms with van der Waals surface area (Å²) >= 11 is 5.36. The third-order valence-corrected chi connectivity index (χ3v) is 2.40. The summed E-state index contributed by atoms with van der Waals surface area (Å²) in [7, 11) is 0. The maximum atomic E-state index is 5.36. The van der Waals surface area contributed by atoms with Crippen LogP contribution in [0.25, 0.3) is 6.08 Å². The zero-order chi connectivity index (χ0) is 13.1. The summed E-state index contributed by atoms with van der Waals surface area (Å²) < 4.78 is 0. The second kappa shape index (κ2) is 9.26. The van der Waals surface area contributed by atoms with Gasteiger partial charge in [0.1, 0.15) is 0 Å². The van der Waals surface area contributed by atoms with Crippen LogP contribution in [0.1, 0.15) is 11.1 Å². The van der Waals surface area contributed by atoms with Crippen molar-refractivity contribution in [1.82, 2.24) is 0 Å². The van der Waals surface area contributed by atoms with Gasteiger partial charge in [0.05, 0.1) is 0 Å². The summed E-state index contributed by atoms with van der Waals surface area (Å²) in [6.07, 6.45) is 4.73. The molecule has 0 saturated carbocycles. The van der Waals surface area contributed by atoms with Crippen LogP contribution in [0.4, 0.5) is 0 Å². The van der Waals surface area contributed by atoms with E-state index in [1.165, 1.54) is 11.1 Å². The van der Waals surface area contributed by atoms with E-state index < -0.39 is 0 Å². The fourth-order valence-electron chi connectivity index (χ4n) is 1.42. The predicted molar refractivity (Wildman–Crippen MR) is 81.7 cm³/mol. The number of hydrogen-bond donors (Lipinski definition) is 0. The molecule has 0 fully saturated rings. The molecular formula is C17H17Cl. The Morgan fingerprint density at radius 3 is 1.94 bits per heavy atom. The molecule has 0 spiro atoms. The molecule has 0 aliphatic heterocycles. The molecule has 2 aromatic carbocycles. The van der Waals surface area contributed by atoms with Crippen molar-refractivity contribution in [2.45, 2.75) is 6.42 Å². The van der Waals surface area contributed by atoms with E-state index in [4.69, 9.17) is 11.6 Å². The first-order chi connectivity index (χ1) is 8.86. The van der Waals surface area contributed by atoms with E-state index >= 15 is 0 Å². The van der Waals surface area contributed by atoms with Crippen LogP contribution in [-0.2, 0) is 6.42 Å². The SMILES string of the molecule is C=CCc1ccccc1.ClC=Cc1ccccc1. The minimum atomic E-state index is 0.973. The molecule has 0 bridgehead atoms. The highest BCUT2D eigenvalue weighted by Crippen LogP contribution is 2.01. The molecule has 0 N–H and O–H groups in total. The van der Waals surface area contributed by atoms with Crippen molar-refractivity contribution in [3.8, 4) is 0 Å². The Morgan fingerprint density at radius 1 is 0.889 bits per heavy atom. The van der Waals surface area contributed by atoms with Crippen LogP contribution in [0.2, 0.25) is 0 Å². The molecule has 0 aromatic heterocycles. The molecule has 2 rings (SSSR count). The molecule has 0 atom stereocenters. The highest BCUT2D eigenvalue weighted by Gasteiger charge is 1.82. The molecule has 1 heteroatoms. The van der Waals surface area contributed by atoms with Gasteiger partial charge in [-0.1, -0.05) is 78.3 Å². The van der Waals surface area contributed by atoms with E-state index in [-0.39, 0.29) is 0 Å². The quantitative estimate of drug-likeness (QED) is 0.653. The highest BCUT2D eigenvalue weighted by atomic mass is 35.5. The lowest BCUT2D eigenvalue weighted by Gasteiger charge is -1.91. The first-order valence-electron chi connectivity index (χ1n) is 5.83. The fourth-order valence-corrected chi connectivity index (χ4v) is 1.56. The lowest BCUT2D eigenvalue weighted by atomic mass is 10.2. The zero-order valence-electron chi connectivity index (χ0n) is 10.3. The fraction of sp³-hybridized carbons (Fsp3) is 0.0588. The predicted octanol–water partition coefficient (Wildman–Crippen LogP) is 5.31.